The zero-order valence-corrected chi connectivity index (χ0v) is 44.2. The number of aryl methyl sites for hydroxylation is 4. The van der Waals surface area contributed by atoms with Crippen LogP contribution in [0.4, 0.5) is 5.69 Å². The second-order valence-electron chi connectivity index (χ2n) is 18.8. The molecule has 0 spiro atoms. The van der Waals surface area contributed by atoms with Crippen molar-refractivity contribution in [1.82, 2.24) is 5.32 Å². The van der Waals surface area contributed by atoms with Crippen LogP contribution in [0.1, 0.15) is 121 Å². The van der Waals surface area contributed by atoms with Crippen molar-refractivity contribution in [3.05, 3.63) is 171 Å². The van der Waals surface area contributed by atoms with E-state index >= 15 is 0 Å². The van der Waals surface area contributed by atoms with Gasteiger partial charge in [0.1, 0.15) is 0 Å². The van der Waals surface area contributed by atoms with Crippen molar-refractivity contribution in [2.45, 2.75) is 110 Å². The van der Waals surface area contributed by atoms with Gasteiger partial charge in [-0.2, -0.15) is 0 Å². The summed E-state index contributed by atoms with van der Waals surface area (Å²) in [5.41, 5.74) is 5.95. The standard InChI is InChI=1S/2C20H18O8.C19H28N2O2/c2*1-11-3-7-13(8-4-11)19(25)27-15(17(21)22)16(18(23)24)28-20(26)14-9-5-12(2)6-10-14;1-2-23-19(22)17-8-5-13-20-18(17)14-9-11-16(12-10-14)21-15-6-3-4-7-15/h2*3-10,15-16H,1-2H3,(H,21,22)(H,23,24);9-12,15,17-18,20-21H,2-8,13H2,1H3/t2*15-,16-;17-,18-/m110/s1. The molecule has 20 heteroatoms. The summed E-state index contributed by atoms with van der Waals surface area (Å²) in [6.07, 6.45) is -1.73. The van der Waals surface area contributed by atoms with Crippen LogP contribution >= 0.6 is 0 Å². The van der Waals surface area contributed by atoms with Crippen LogP contribution in [0.2, 0.25) is 0 Å². The van der Waals surface area contributed by atoms with Gasteiger partial charge in [0.2, 0.25) is 24.4 Å². The molecule has 1 heterocycles. The van der Waals surface area contributed by atoms with Gasteiger partial charge in [0, 0.05) is 17.8 Å². The molecule has 0 radical (unpaired) electrons. The van der Waals surface area contributed by atoms with Crippen molar-refractivity contribution in [3.63, 3.8) is 0 Å². The van der Waals surface area contributed by atoms with Crippen LogP contribution in [0.25, 0.3) is 0 Å². The fraction of sp³-hybridized carbons (Fsp3) is 0.339. The number of nitrogens with one attached hydrogen (secondary N) is 2. The summed E-state index contributed by atoms with van der Waals surface area (Å²) in [5.74, 6) is -11.4. The van der Waals surface area contributed by atoms with E-state index in [-0.39, 0.29) is 40.2 Å². The lowest BCUT2D eigenvalue weighted by atomic mass is 9.86. The molecule has 6 N–H and O–H groups in total. The van der Waals surface area contributed by atoms with Gasteiger partial charge in [-0.1, -0.05) is 95.8 Å². The summed E-state index contributed by atoms with van der Waals surface area (Å²) in [6, 6.07) is 33.4. The Hall–Kier alpha value is -8.91. The van der Waals surface area contributed by atoms with Gasteiger partial charge in [0.05, 0.1) is 34.8 Å². The molecule has 1 saturated carbocycles. The first-order valence-electron chi connectivity index (χ1n) is 25.4. The van der Waals surface area contributed by atoms with Gasteiger partial charge in [-0.05, 0) is 133 Å². The first-order valence-corrected chi connectivity index (χ1v) is 25.4. The molecule has 2 fully saturated rings. The smallest absolute Gasteiger partial charge is 0.349 e. The summed E-state index contributed by atoms with van der Waals surface area (Å²) in [7, 11) is 0. The van der Waals surface area contributed by atoms with Crippen LogP contribution in [0, 0.1) is 33.6 Å². The number of esters is 5. The first-order chi connectivity index (χ1) is 37.6. The summed E-state index contributed by atoms with van der Waals surface area (Å²) >= 11 is 0. The van der Waals surface area contributed by atoms with Crippen molar-refractivity contribution in [2.24, 2.45) is 5.92 Å². The molecule has 1 aliphatic heterocycles. The van der Waals surface area contributed by atoms with E-state index in [9.17, 15) is 63.6 Å². The number of hydrogen-bond acceptors (Lipinski definition) is 16. The summed E-state index contributed by atoms with van der Waals surface area (Å²) in [5, 5.41) is 44.4. The van der Waals surface area contributed by atoms with Gasteiger partial charge in [0.25, 0.3) is 0 Å². The number of aliphatic carboxylic acids is 4. The molecule has 1 aliphatic carbocycles. The Morgan fingerprint density at radius 2 is 0.785 bits per heavy atom. The molecule has 0 bridgehead atoms. The lowest BCUT2D eigenvalue weighted by Crippen LogP contribution is -2.45. The normalized spacial score (nSPS) is 16.2. The Labute approximate surface area is 456 Å². The molecular formula is C59H64N2O18. The SMILES string of the molecule is CCOC(=O)[C@H]1CCCN[C@H]1c1ccc(NC2CCCC2)cc1.Cc1ccc(C(=O)O[C@@H](C(=O)O)[C@@H](OC(=O)c2ccc(C)cc2)C(=O)O)cc1.Cc1ccc(C(=O)O[C@@H](C(=O)O)[C@@H](OC(=O)c2ccc(C)cc2)C(=O)O)cc1. The van der Waals surface area contributed by atoms with E-state index in [1.54, 1.807) is 76.2 Å². The molecule has 1 saturated heterocycles. The molecule has 6 atom stereocenters. The Morgan fingerprint density at radius 3 is 1.08 bits per heavy atom. The average molecular weight is 1090 g/mol. The molecule has 2 aliphatic rings. The van der Waals surface area contributed by atoms with E-state index in [1.165, 1.54) is 85.5 Å². The maximum atomic E-state index is 12.2. The molecule has 0 amide bonds. The number of benzene rings is 5. The Balaban J connectivity index is 0.000000219. The third kappa shape index (κ3) is 18.4. The van der Waals surface area contributed by atoms with Gasteiger partial charge in [-0.25, -0.2) is 38.4 Å². The number of ether oxygens (including phenoxy) is 5. The fourth-order valence-electron chi connectivity index (χ4n) is 8.29. The molecule has 79 heavy (non-hydrogen) atoms. The van der Waals surface area contributed by atoms with Crippen molar-refractivity contribution < 1.29 is 87.3 Å². The molecule has 418 valence electrons. The fourth-order valence-corrected chi connectivity index (χ4v) is 8.29. The molecule has 20 nitrogen and oxygen atoms in total. The van der Waals surface area contributed by atoms with Crippen molar-refractivity contribution in [1.29, 1.82) is 0 Å². The maximum absolute atomic E-state index is 12.2. The minimum Gasteiger partial charge on any atom is -0.478 e. The number of piperidine rings is 1. The molecule has 0 unspecified atom stereocenters. The quantitative estimate of drug-likeness (QED) is 0.0336. The lowest BCUT2D eigenvalue weighted by Gasteiger charge is -2.31. The Kier molecular flexibility index (Phi) is 22.8. The number of hydrogen-bond donors (Lipinski definition) is 6. The highest BCUT2D eigenvalue weighted by Crippen LogP contribution is 2.32. The largest absolute Gasteiger partial charge is 0.478 e. The van der Waals surface area contributed by atoms with Crippen LogP contribution < -0.4 is 10.6 Å². The van der Waals surface area contributed by atoms with Gasteiger partial charge in [0.15, 0.2) is 0 Å². The third-order valence-electron chi connectivity index (χ3n) is 12.7. The molecule has 5 aromatic carbocycles. The first kappa shape index (κ1) is 60.9. The van der Waals surface area contributed by atoms with E-state index in [0.29, 0.717) is 12.6 Å². The van der Waals surface area contributed by atoms with E-state index in [4.69, 9.17) is 23.7 Å². The van der Waals surface area contributed by atoms with E-state index in [0.717, 1.165) is 41.6 Å². The van der Waals surface area contributed by atoms with Crippen LogP contribution in [0.3, 0.4) is 0 Å². The Bertz CT molecular complexity index is 2600. The van der Waals surface area contributed by atoms with Gasteiger partial charge >= 0.3 is 53.7 Å². The second kappa shape index (κ2) is 29.6. The Morgan fingerprint density at radius 1 is 0.468 bits per heavy atom. The van der Waals surface area contributed by atoms with Gasteiger partial charge in [-0.15, -0.1) is 0 Å². The predicted molar refractivity (Wildman–Crippen MR) is 284 cm³/mol. The zero-order valence-electron chi connectivity index (χ0n) is 44.2. The van der Waals surface area contributed by atoms with Gasteiger partial charge in [-0.3, -0.25) is 4.79 Å². The summed E-state index contributed by atoms with van der Waals surface area (Å²) < 4.78 is 24.5. The van der Waals surface area contributed by atoms with Gasteiger partial charge < -0.3 is 54.7 Å². The molecule has 5 aromatic rings. The summed E-state index contributed by atoms with van der Waals surface area (Å²) in [6.45, 7) is 10.4. The average Bonchev–Trinajstić information content (AvgIpc) is 3.97. The van der Waals surface area contributed by atoms with E-state index < -0.39 is 72.2 Å². The van der Waals surface area contributed by atoms with E-state index in [2.05, 4.69) is 34.9 Å². The number of carboxylic acid groups (broad SMARTS) is 4. The molecular weight excluding hydrogens is 1020 g/mol. The predicted octanol–water partition coefficient (Wildman–Crippen LogP) is 8.09. The lowest BCUT2D eigenvalue weighted by molar-refractivity contribution is -0.166. The highest BCUT2D eigenvalue weighted by atomic mass is 16.6. The molecule has 0 aromatic heterocycles. The minimum atomic E-state index is -2.22. The maximum Gasteiger partial charge on any atom is 0.349 e. The van der Waals surface area contributed by atoms with Crippen LogP contribution in [-0.4, -0.2) is 118 Å². The number of carboxylic acids is 4. The van der Waals surface area contributed by atoms with Crippen molar-refractivity contribution >= 4 is 59.4 Å². The van der Waals surface area contributed by atoms with E-state index in [1.807, 2.05) is 6.92 Å². The number of rotatable bonds is 19. The molecule has 7 rings (SSSR count). The summed E-state index contributed by atoms with van der Waals surface area (Å²) in [4.78, 5) is 107. The second-order valence-corrected chi connectivity index (χ2v) is 18.8. The third-order valence-corrected chi connectivity index (χ3v) is 12.7. The zero-order chi connectivity index (χ0) is 57.8. The van der Waals surface area contributed by atoms with Crippen molar-refractivity contribution in [3.8, 4) is 0 Å². The van der Waals surface area contributed by atoms with Crippen molar-refractivity contribution in [2.75, 3.05) is 18.5 Å². The number of anilines is 1. The van der Waals surface area contributed by atoms with Crippen LogP contribution in [-0.2, 0) is 47.7 Å². The monoisotopic (exact) mass is 1090 g/mol. The van der Waals surface area contributed by atoms with Crippen LogP contribution in [0.5, 0.6) is 0 Å². The number of carbonyl (C=O) groups excluding carboxylic acids is 5. The highest BCUT2D eigenvalue weighted by molar-refractivity contribution is 5.96. The van der Waals surface area contributed by atoms with Crippen LogP contribution in [0.15, 0.2) is 121 Å². The minimum absolute atomic E-state index is 0.0332. The number of carbonyl (C=O) groups is 9. The highest BCUT2D eigenvalue weighted by Gasteiger charge is 2.42. The topological polar surface area (TPSA) is 305 Å².